The number of hydrogen-bond donors (Lipinski definition) is 1. The van der Waals surface area contributed by atoms with Crippen LogP contribution in [0.15, 0.2) is 29.3 Å². The monoisotopic (exact) mass is 544 g/mol. The Bertz CT molecular complexity index is 745. The highest BCUT2D eigenvalue weighted by Gasteiger charge is 2.36. The number of methoxy groups -OCH3 is 1. The molecule has 2 fully saturated rings. The molecule has 1 aromatic rings. The molecule has 3 unspecified atom stereocenters. The maximum Gasteiger partial charge on any atom is 0.310 e. The lowest BCUT2D eigenvalue weighted by molar-refractivity contribution is -0.145. The van der Waals surface area contributed by atoms with Gasteiger partial charge in [-0.3, -0.25) is 9.69 Å². The van der Waals surface area contributed by atoms with E-state index in [0.717, 1.165) is 45.3 Å². The number of hydrogen-bond acceptors (Lipinski definition) is 5. The summed E-state index contributed by atoms with van der Waals surface area (Å²) in [4.78, 5) is 21.5. The molecule has 0 radical (unpaired) electrons. The van der Waals surface area contributed by atoms with E-state index in [1.54, 1.807) is 0 Å². The number of esters is 1. The van der Waals surface area contributed by atoms with Crippen LogP contribution in [-0.4, -0.2) is 74.3 Å². The minimum absolute atomic E-state index is 0. The van der Waals surface area contributed by atoms with Gasteiger partial charge in [-0.15, -0.1) is 24.0 Å². The molecule has 31 heavy (non-hydrogen) atoms. The van der Waals surface area contributed by atoms with Crippen molar-refractivity contribution in [2.24, 2.45) is 16.8 Å². The second-order valence-electron chi connectivity index (χ2n) is 8.42. The predicted molar refractivity (Wildman–Crippen MR) is 134 cm³/mol. The molecular formula is C23H37IN4O3. The zero-order valence-electron chi connectivity index (χ0n) is 19.2. The van der Waals surface area contributed by atoms with Gasteiger partial charge in [0.1, 0.15) is 0 Å². The molecule has 0 saturated carbocycles. The number of guanidine groups is 1. The molecule has 0 amide bonds. The van der Waals surface area contributed by atoms with Crippen molar-refractivity contribution in [2.45, 2.75) is 40.0 Å². The van der Waals surface area contributed by atoms with Gasteiger partial charge in [-0.05, 0) is 30.9 Å². The fraction of sp³-hybridized carbons (Fsp3) is 0.652. The number of carbonyl (C=O) groups excluding carboxylic acids is 1. The first-order chi connectivity index (χ1) is 14.5. The highest BCUT2D eigenvalue weighted by atomic mass is 127. The molecule has 0 spiro atoms. The number of halogens is 1. The number of morpholine rings is 1. The summed E-state index contributed by atoms with van der Waals surface area (Å²) in [6.07, 6.45) is 0.297. The van der Waals surface area contributed by atoms with Gasteiger partial charge in [0.25, 0.3) is 0 Å². The van der Waals surface area contributed by atoms with Crippen LogP contribution in [0.3, 0.4) is 0 Å². The average Bonchev–Trinajstić information content (AvgIpc) is 3.12. The smallest absolute Gasteiger partial charge is 0.310 e. The topological polar surface area (TPSA) is 66.4 Å². The van der Waals surface area contributed by atoms with Crippen LogP contribution in [0.25, 0.3) is 0 Å². The van der Waals surface area contributed by atoms with E-state index in [0.29, 0.717) is 19.2 Å². The number of likely N-dealkylation sites (tertiary alicyclic amines) is 1. The van der Waals surface area contributed by atoms with Crippen LogP contribution in [0.4, 0.5) is 0 Å². The molecule has 0 bridgehead atoms. The standard InChI is InChI=1S/C23H36N4O3.HI/c1-5-24-23(27-13-17(2)21(16-27)22(28)29-4)25-12-19-7-6-8-20(11-19)15-26-9-10-30-18(3)14-26;/h6-8,11,17-18,21H,5,9-10,12-16H2,1-4H3,(H,24,25);1H. The van der Waals surface area contributed by atoms with Crippen LogP contribution in [0.1, 0.15) is 31.9 Å². The summed E-state index contributed by atoms with van der Waals surface area (Å²) in [5.74, 6) is 0.882. The minimum Gasteiger partial charge on any atom is -0.469 e. The molecule has 8 heteroatoms. The van der Waals surface area contributed by atoms with E-state index in [2.05, 4.69) is 60.2 Å². The van der Waals surface area contributed by atoms with Crippen LogP contribution in [-0.2, 0) is 27.4 Å². The summed E-state index contributed by atoms with van der Waals surface area (Å²) in [7, 11) is 1.46. The summed E-state index contributed by atoms with van der Waals surface area (Å²) in [5.41, 5.74) is 2.50. The number of benzene rings is 1. The van der Waals surface area contributed by atoms with Gasteiger partial charge in [-0.25, -0.2) is 4.99 Å². The van der Waals surface area contributed by atoms with E-state index in [1.807, 2.05) is 0 Å². The van der Waals surface area contributed by atoms with Crippen LogP contribution in [0, 0.1) is 11.8 Å². The fourth-order valence-corrected chi connectivity index (χ4v) is 4.31. The van der Waals surface area contributed by atoms with Gasteiger partial charge < -0.3 is 19.7 Å². The maximum atomic E-state index is 12.0. The minimum atomic E-state index is -0.133. The van der Waals surface area contributed by atoms with Crippen molar-refractivity contribution >= 4 is 35.9 Å². The van der Waals surface area contributed by atoms with Crippen LogP contribution in [0.5, 0.6) is 0 Å². The van der Waals surface area contributed by atoms with E-state index in [1.165, 1.54) is 18.2 Å². The molecule has 174 valence electrons. The Balaban J connectivity index is 0.00000341. The lowest BCUT2D eigenvalue weighted by atomic mass is 9.99. The highest BCUT2D eigenvalue weighted by molar-refractivity contribution is 14.0. The first-order valence-corrected chi connectivity index (χ1v) is 11.0. The molecule has 2 aliphatic heterocycles. The third-order valence-corrected chi connectivity index (χ3v) is 5.88. The molecule has 7 nitrogen and oxygen atoms in total. The van der Waals surface area contributed by atoms with Gasteiger partial charge in [0.15, 0.2) is 5.96 Å². The molecule has 1 aromatic carbocycles. The Hall–Kier alpha value is -1.39. The molecule has 2 saturated heterocycles. The Morgan fingerprint density at radius 2 is 2.03 bits per heavy atom. The number of ether oxygens (including phenoxy) is 2. The van der Waals surface area contributed by atoms with E-state index >= 15 is 0 Å². The summed E-state index contributed by atoms with van der Waals surface area (Å²) < 4.78 is 10.6. The largest absolute Gasteiger partial charge is 0.469 e. The number of rotatable bonds is 6. The van der Waals surface area contributed by atoms with Crippen molar-refractivity contribution < 1.29 is 14.3 Å². The van der Waals surface area contributed by atoms with Gasteiger partial charge in [0, 0.05) is 39.3 Å². The molecule has 3 atom stereocenters. The van der Waals surface area contributed by atoms with Crippen LogP contribution >= 0.6 is 24.0 Å². The predicted octanol–water partition coefficient (Wildman–Crippen LogP) is 2.73. The molecular weight excluding hydrogens is 507 g/mol. The Morgan fingerprint density at radius 3 is 2.74 bits per heavy atom. The zero-order chi connectivity index (χ0) is 21.5. The Kier molecular flexibility index (Phi) is 10.5. The van der Waals surface area contributed by atoms with Crippen molar-refractivity contribution in [3.05, 3.63) is 35.4 Å². The second kappa shape index (κ2) is 12.6. The highest BCUT2D eigenvalue weighted by Crippen LogP contribution is 2.24. The summed E-state index contributed by atoms with van der Waals surface area (Å²) in [6, 6.07) is 8.67. The second-order valence-corrected chi connectivity index (χ2v) is 8.42. The fourth-order valence-electron chi connectivity index (χ4n) is 4.31. The van der Waals surface area contributed by atoms with Crippen molar-refractivity contribution in [3.8, 4) is 0 Å². The normalized spacial score (nSPS) is 24.6. The molecule has 0 aliphatic carbocycles. The lowest BCUT2D eigenvalue weighted by Crippen LogP contribution is -2.40. The van der Waals surface area contributed by atoms with Gasteiger partial charge in [-0.1, -0.05) is 31.2 Å². The van der Waals surface area contributed by atoms with Crippen molar-refractivity contribution in [1.29, 1.82) is 0 Å². The van der Waals surface area contributed by atoms with E-state index in [-0.39, 0.29) is 41.8 Å². The lowest BCUT2D eigenvalue weighted by Gasteiger charge is -2.31. The van der Waals surface area contributed by atoms with Gasteiger partial charge >= 0.3 is 5.97 Å². The SMILES string of the molecule is CCNC(=NCc1cccc(CN2CCOC(C)C2)c1)N1CC(C)C(C(=O)OC)C1.I. The van der Waals surface area contributed by atoms with Gasteiger partial charge in [-0.2, -0.15) is 0 Å². The zero-order valence-corrected chi connectivity index (χ0v) is 21.5. The van der Waals surface area contributed by atoms with E-state index in [9.17, 15) is 4.79 Å². The average molecular weight is 544 g/mol. The van der Waals surface area contributed by atoms with Crippen molar-refractivity contribution in [3.63, 3.8) is 0 Å². The first-order valence-electron chi connectivity index (χ1n) is 11.0. The van der Waals surface area contributed by atoms with Crippen molar-refractivity contribution in [2.75, 3.05) is 46.4 Å². The van der Waals surface area contributed by atoms with Crippen LogP contribution in [0.2, 0.25) is 0 Å². The van der Waals surface area contributed by atoms with Gasteiger partial charge in [0.2, 0.25) is 0 Å². The summed E-state index contributed by atoms with van der Waals surface area (Å²) >= 11 is 0. The molecule has 2 heterocycles. The van der Waals surface area contributed by atoms with Crippen molar-refractivity contribution in [1.82, 2.24) is 15.1 Å². The van der Waals surface area contributed by atoms with E-state index in [4.69, 9.17) is 14.5 Å². The third kappa shape index (κ3) is 7.32. The van der Waals surface area contributed by atoms with Crippen LogP contribution < -0.4 is 5.32 Å². The summed E-state index contributed by atoms with van der Waals surface area (Å²) in [5, 5.41) is 3.38. The molecule has 2 aliphatic rings. The molecule has 3 rings (SSSR count). The maximum absolute atomic E-state index is 12.0. The molecule has 1 N–H and O–H groups in total. The van der Waals surface area contributed by atoms with E-state index < -0.39 is 0 Å². The number of nitrogens with zero attached hydrogens (tertiary/aromatic N) is 3. The summed E-state index contributed by atoms with van der Waals surface area (Å²) in [6.45, 7) is 12.9. The molecule has 0 aromatic heterocycles. The number of aliphatic imine (C=N–C) groups is 1. The Labute approximate surface area is 203 Å². The Morgan fingerprint density at radius 1 is 1.26 bits per heavy atom. The number of carbonyl (C=O) groups is 1. The first kappa shape index (κ1) is 25.9. The third-order valence-electron chi connectivity index (χ3n) is 5.88. The quantitative estimate of drug-likeness (QED) is 0.257. The van der Waals surface area contributed by atoms with Gasteiger partial charge in [0.05, 0.1) is 32.3 Å². The number of nitrogens with one attached hydrogen (secondary N) is 1.